The zero-order valence-corrected chi connectivity index (χ0v) is 14.5. The highest BCUT2D eigenvalue weighted by Gasteiger charge is 2.21. The Kier molecular flexibility index (Phi) is 6.04. The lowest BCUT2D eigenvalue weighted by Gasteiger charge is -2.15. The second-order valence-corrected chi connectivity index (χ2v) is 6.04. The number of nitrogens with one attached hydrogen (secondary N) is 1. The summed E-state index contributed by atoms with van der Waals surface area (Å²) >= 11 is 17.6. The predicted octanol–water partition coefficient (Wildman–Crippen LogP) is 4.97. The Bertz CT molecular complexity index is 798. The molecule has 1 N–H and O–H groups in total. The van der Waals surface area contributed by atoms with Crippen LogP contribution in [0.2, 0.25) is 15.1 Å². The molecule has 0 aliphatic heterocycles. The first-order valence-corrected chi connectivity index (χ1v) is 7.83. The molecule has 1 atom stereocenters. The highest BCUT2D eigenvalue weighted by atomic mass is 35.5. The van der Waals surface area contributed by atoms with E-state index in [1.54, 1.807) is 6.07 Å². The molecule has 0 saturated heterocycles. The molecule has 0 aliphatic rings. The second kappa shape index (κ2) is 7.83. The fourth-order valence-corrected chi connectivity index (χ4v) is 2.34. The van der Waals surface area contributed by atoms with Crippen molar-refractivity contribution in [3.8, 4) is 0 Å². The van der Waals surface area contributed by atoms with Crippen LogP contribution in [0.25, 0.3) is 0 Å². The van der Waals surface area contributed by atoms with Crippen molar-refractivity contribution in [2.24, 2.45) is 0 Å². The third-order valence-corrected chi connectivity index (χ3v) is 3.87. The normalized spacial score (nSPS) is 11.7. The van der Waals surface area contributed by atoms with Gasteiger partial charge in [-0.25, -0.2) is 9.18 Å². The standard InChI is InChI=1S/C16H11Cl3FNO3/c1-8(15(22)21-14-6-9(17)2-5-12(14)18)24-16(23)11-4-3-10(20)7-13(11)19/h2-8H,1H3,(H,21,22). The van der Waals surface area contributed by atoms with Crippen molar-refractivity contribution in [2.75, 3.05) is 5.32 Å². The van der Waals surface area contributed by atoms with E-state index in [0.29, 0.717) is 5.02 Å². The number of ether oxygens (including phenoxy) is 1. The predicted molar refractivity (Wildman–Crippen MR) is 91.4 cm³/mol. The minimum Gasteiger partial charge on any atom is -0.449 e. The van der Waals surface area contributed by atoms with Crippen molar-refractivity contribution in [3.05, 3.63) is 62.8 Å². The highest BCUT2D eigenvalue weighted by Crippen LogP contribution is 2.26. The molecule has 0 aliphatic carbocycles. The average Bonchev–Trinajstić information content (AvgIpc) is 2.50. The quantitative estimate of drug-likeness (QED) is 0.750. The molecule has 0 saturated carbocycles. The summed E-state index contributed by atoms with van der Waals surface area (Å²) in [6.07, 6.45) is -1.13. The van der Waals surface area contributed by atoms with Gasteiger partial charge in [0.15, 0.2) is 6.10 Å². The number of benzene rings is 2. The number of hydrogen-bond acceptors (Lipinski definition) is 3. The van der Waals surface area contributed by atoms with E-state index in [9.17, 15) is 14.0 Å². The minimum absolute atomic E-state index is 0.0431. The first kappa shape index (κ1) is 18.5. The maximum Gasteiger partial charge on any atom is 0.340 e. The molecule has 24 heavy (non-hydrogen) atoms. The molecule has 2 rings (SSSR count). The highest BCUT2D eigenvalue weighted by molar-refractivity contribution is 6.35. The van der Waals surface area contributed by atoms with Gasteiger partial charge in [-0.3, -0.25) is 4.79 Å². The van der Waals surface area contributed by atoms with E-state index >= 15 is 0 Å². The Morgan fingerprint density at radius 3 is 2.46 bits per heavy atom. The molecule has 0 spiro atoms. The van der Waals surface area contributed by atoms with Crippen LogP contribution in [0.3, 0.4) is 0 Å². The van der Waals surface area contributed by atoms with Gasteiger partial charge >= 0.3 is 5.97 Å². The molecule has 126 valence electrons. The number of rotatable bonds is 4. The number of carbonyl (C=O) groups excluding carboxylic acids is 2. The number of anilines is 1. The van der Waals surface area contributed by atoms with Crippen molar-refractivity contribution in [1.29, 1.82) is 0 Å². The number of carbonyl (C=O) groups is 2. The average molecular weight is 391 g/mol. The summed E-state index contributed by atoms with van der Waals surface area (Å²) in [6, 6.07) is 7.78. The van der Waals surface area contributed by atoms with E-state index in [4.69, 9.17) is 39.5 Å². The van der Waals surface area contributed by atoms with E-state index in [-0.39, 0.29) is 21.3 Å². The van der Waals surface area contributed by atoms with Crippen LogP contribution >= 0.6 is 34.8 Å². The first-order valence-electron chi connectivity index (χ1n) is 6.70. The molecule has 4 nitrogen and oxygen atoms in total. The van der Waals surface area contributed by atoms with E-state index in [1.807, 2.05) is 0 Å². The molecular weight excluding hydrogens is 380 g/mol. The van der Waals surface area contributed by atoms with Crippen molar-refractivity contribution >= 4 is 52.4 Å². The van der Waals surface area contributed by atoms with Gasteiger partial charge in [0, 0.05) is 5.02 Å². The van der Waals surface area contributed by atoms with Gasteiger partial charge in [0.25, 0.3) is 5.91 Å². The SMILES string of the molecule is CC(OC(=O)c1ccc(F)cc1Cl)C(=O)Nc1cc(Cl)ccc1Cl. The summed E-state index contributed by atoms with van der Waals surface area (Å²) in [5.41, 5.74) is 0.246. The van der Waals surface area contributed by atoms with Crippen LogP contribution in [-0.4, -0.2) is 18.0 Å². The van der Waals surface area contributed by atoms with Gasteiger partial charge in [0.2, 0.25) is 0 Å². The maximum absolute atomic E-state index is 13.0. The molecule has 0 heterocycles. The fourth-order valence-electron chi connectivity index (χ4n) is 1.76. The van der Waals surface area contributed by atoms with Crippen molar-refractivity contribution in [3.63, 3.8) is 0 Å². The maximum atomic E-state index is 13.0. The smallest absolute Gasteiger partial charge is 0.340 e. The van der Waals surface area contributed by atoms with Crippen molar-refractivity contribution < 1.29 is 18.7 Å². The van der Waals surface area contributed by atoms with Crippen LogP contribution in [-0.2, 0) is 9.53 Å². The Hall–Kier alpha value is -1.82. The van der Waals surface area contributed by atoms with E-state index in [2.05, 4.69) is 5.32 Å². The monoisotopic (exact) mass is 389 g/mol. The summed E-state index contributed by atoms with van der Waals surface area (Å²) in [6.45, 7) is 1.38. The largest absolute Gasteiger partial charge is 0.449 e. The molecule has 8 heteroatoms. The molecule has 0 bridgehead atoms. The first-order chi connectivity index (χ1) is 11.3. The summed E-state index contributed by atoms with van der Waals surface area (Å²) in [7, 11) is 0. The van der Waals surface area contributed by atoms with Crippen LogP contribution in [0.4, 0.5) is 10.1 Å². The molecular formula is C16H11Cl3FNO3. The van der Waals surface area contributed by atoms with Crippen LogP contribution in [0.5, 0.6) is 0 Å². The Morgan fingerprint density at radius 1 is 1.08 bits per heavy atom. The van der Waals surface area contributed by atoms with E-state index < -0.39 is 23.8 Å². The van der Waals surface area contributed by atoms with Crippen molar-refractivity contribution in [1.82, 2.24) is 0 Å². The molecule has 1 unspecified atom stereocenters. The Labute approximate surface area is 152 Å². The van der Waals surface area contributed by atoms with E-state index in [1.165, 1.54) is 25.1 Å². The third kappa shape index (κ3) is 4.60. The number of amides is 1. The second-order valence-electron chi connectivity index (χ2n) is 4.79. The molecule has 2 aromatic carbocycles. The lowest BCUT2D eigenvalue weighted by atomic mass is 10.2. The van der Waals surface area contributed by atoms with Crippen LogP contribution in [0.1, 0.15) is 17.3 Å². The van der Waals surface area contributed by atoms with Crippen LogP contribution in [0.15, 0.2) is 36.4 Å². The van der Waals surface area contributed by atoms with Crippen molar-refractivity contribution in [2.45, 2.75) is 13.0 Å². The molecule has 0 radical (unpaired) electrons. The number of halogens is 4. The fraction of sp³-hybridized carbons (Fsp3) is 0.125. The Balaban J connectivity index is 2.05. The summed E-state index contributed by atoms with van der Waals surface area (Å²) in [4.78, 5) is 24.1. The summed E-state index contributed by atoms with van der Waals surface area (Å²) in [5.74, 6) is -2.04. The molecule has 0 aromatic heterocycles. The van der Waals surface area contributed by atoms with Gasteiger partial charge < -0.3 is 10.1 Å². The number of hydrogen-bond donors (Lipinski definition) is 1. The van der Waals surface area contributed by atoms with Crippen LogP contribution in [0, 0.1) is 5.82 Å². The van der Waals surface area contributed by atoms with Gasteiger partial charge in [0.1, 0.15) is 5.82 Å². The molecule has 0 fully saturated rings. The lowest BCUT2D eigenvalue weighted by Crippen LogP contribution is -2.30. The van der Waals surface area contributed by atoms with Gasteiger partial charge in [-0.2, -0.15) is 0 Å². The van der Waals surface area contributed by atoms with E-state index in [0.717, 1.165) is 12.1 Å². The third-order valence-electron chi connectivity index (χ3n) is 2.99. The molecule has 2 aromatic rings. The lowest BCUT2D eigenvalue weighted by molar-refractivity contribution is -0.123. The zero-order chi connectivity index (χ0) is 17.9. The van der Waals surface area contributed by atoms with Gasteiger partial charge in [0.05, 0.1) is 21.3 Å². The Morgan fingerprint density at radius 2 is 1.79 bits per heavy atom. The van der Waals surface area contributed by atoms with Gasteiger partial charge in [-0.1, -0.05) is 34.8 Å². The topological polar surface area (TPSA) is 55.4 Å². The zero-order valence-electron chi connectivity index (χ0n) is 12.3. The minimum atomic E-state index is -1.13. The molecule has 1 amide bonds. The number of esters is 1. The van der Waals surface area contributed by atoms with Crippen LogP contribution < -0.4 is 5.32 Å². The summed E-state index contributed by atoms with van der Waals surface area (Å²) < 4.78 is 18.0. The summed E-state index contributed by atoms with van der Waals surface area (Å²) in [5, 5.41) is 3.07. The van der Waals surface area contributed by atoms with Gasteiger partial charge in [-0.15, -0.1) is 0 Å². The van der Waals surface area contributed by atoms with Gasteiger partial charge in [-0.05, 0) is 43.3 Å².